The molecule has 3 nitrogen and oxygen atoms in total. The molecule has 4 heterocycles. The van der Waals surface area contributed by atoms with Crippen LogP contribution in [0, 0.1) is 13.8 Å². The lowest BCUT2D eigenvalue weighted by molar-refractivity contribution is 0.590. The van der Waals surface area contributed by atoms with Gasteiger partial charge in [-0.1, -0.05) is 117 Å². The summed E-state index contributed by atoms with van der Waals surface area (Å²) in [5.41, 5.74) is 21.4. The number of rotatable bonds is 3. The van der Waals surface area contributed by atoms with Crippen LogP contribution in [0.2, 0.25) is 0 Å². The summed E-state index contributed by atoms with van der Waals surface area (Å²) in [5, 5.41) is 6.82. The van der Waals surface area contributed by atoms with Crippen molar-refractivity contribution in [2.24, 2.45) is 0 Å². The average molecular weight is 770 g/mol. The molecule has 59 heavy (non-hydrogen) atoms. The molecule has 6 aromatic carbocycles. The summed E-state index contributed by atoms with van der Waals surface area (Å²) in [6, 6.07) is 42.1. The van der Waals surface area contributed by atoms with E-state index in [2.05, 4.69) is 205 Å². The van der Waals surface area contributed by atoms with Crippen LogP contribution in [0.5, 0.6) is 0 Å². The Kier molecular flexibility index (Phi) is 7.32. The molecular weight excluding hydrogens is 715 g/mol. The summed E-state index contributed by atoms with van der Waals surface area (Å²) in [5.74, 6) is 0.253. The highest BCUT2D eigenvalue weighted by Crippen LogP contribution is 2.55. The molecule has 11 rings (SSSR count). The molecule has 0 saturated heterocycles. The fourth-order valence-corrected chi connectivity index (χ4v) is 10.5. The largest absolute Gasteiger partial charge is 0.312 e. The molecule has 0 amide bonds. The molecule has 1 atom stereocenters. The van der Waals surface area contributed by atoms with Gasteiger partial charge in [0.2, 0.25) is 0 Å². The van der Waals surface area contributed by atoms with Crippen LogP contribution in [0.3, 0.4) is 0 Å². The van der Waals surface area contributed by atoms with Crippen molar-refractivity contribution in [3.63, 3.8) is 0 Å². The second-order valence-corrected chi connectivity index (χ2v) is 20.8. The Morgan fingerprint density at radius 1 is 0.525 bits per heavy atom. The van der Waals surface area contributed by atoms with Gasteiger partial charge in [0.15, 0.2) is 0 Å². The van der Waals surface area contributed by atoms with Crippen molar-refractivity contribution in [2.75, 3.05) is 4.90 Å². The van der Waals surface area contributed by atoms with E-state index in [1.807, 2.05) is 0 Å². The molecule has 1 aliphatic carbocycles. The number of hydrogen-bond donors (Lipinski definition) is 0. The number of para-hydroxylation sites is 2. The maximum atomic E-state index is 2.66. The van der Waals surface area contributed by atoms with Gasteiger partial charge in [-0.05, 0) is 124 Å². The molecule has 0 N–H and O–H groups in total. The minimum Gasteiger partial charge on any atom is -0.312 e. The second-order valence-electron chi connectivity index (χ2n) is 20.8. The van der Waals surface area contributed by atoms with Crippen molar-refractivity contribution in [2.45, 2.75) is 105 Å². The van der Waals surface area contributed by atoms with Crippen LogP contribution < -0.4 is 4.90 Å². The molecule has 0 spiro atoms. The zero-order chi connectivity index (χ0) is 41.1. The van der Waals surface area contributed by atoms with E-state index in [0.29, 0.717) is 0 Å². The highest BCUT2D eigenvalue weighted by atomic mass is 15.1. The van der Waals surface area contributed by atoms with Gasteiger partial charge >= 0.3 is 0 Å². The van der Waals surface area contributed by atoms with E-state index < -0.39 is 0 Å². The normalized spacial score (nSPS) is 15.6. The van der Waals surface area contributed by atoms with E-state index in [-0.39, 0.29) is 22.2 Å². The molecule has 2 aliphatic rings. The van der Waals surface area contributed by atoms with Crippen LogP contribution in [0.25, 0.3) is 60.8 Å². The summed E-state index contributed by atoms with van der Waals surface area (Å²) < 4.78 is 5.31. The van der Waals surface area contributed by atoms with Crippen LogP contribution in [0.15, 0.2) is 109 Å². The number of allylic oxidation sites excluding steroid dienone is 1. The van der Waals surface area contributed by atoms with Crippen LogP contribution in [0.1, 0.15) is 113 Å². The van der Waals surface area contributed by atoms with Crippen molar-refractivity contribution in [1.29, 1.82) is 0 Å². The number of fused-ring (bicyclic) bond motifs is 12. The number of aromatic nitrogens is 2. The lowest BCUT2D eigenvalue weighted by atomic mass is 9.80. The van der Waals surface area contributed by atoms with E-state index in [4.69, 9.17) is 0 Å². The molecule has 0 bridgehead atoms. The third-order valence-electron chi connectivity index (χ3n) is 13.9. The first-order valence-corrected chi connectivity index (χ1v) is 21.6. The Morgan fingerprint density at radius 2 is 1.10 bits per heavy atom. The first-order chi connectivity index (χ1) is 28.0. The molecule has 3 aromatic heterocycles. The van der Waals surface area contributed by atoms with Crippen molar-refractivity contribution in [1.82, 2.24) is 8.97 Å². The number of anilines is 3. The molecule has 0 saturated carbocycles. The molecule has 1 aliphatic heterocycles. The molecule has 294 valence electrons. The van der Waals surface area contributed by atoms with Gasteiger partial charge in [0.05, 0.1) is 22.1 Å². The average Bonchev–Trinajstić information content (AvgIpc) is 3.90. The van der Waals surface area contributed by atoms with Gasteiger partial charge < -0.3 is 13.9 Å². The van der Waals surface area contributed by atoms with Gasteiger partial charge in [-0.25, -0.2) is 0 Å². The highest BCUT2D eigenvalue weighted by Gasteiger charge is 2.39. The summed E-state index contributed by atoms with van der Waals surface area (Å²) in [6.45, 7) is 25.6. The molecule has 9 aromatic rings. The Bertz CT molecular complexity index is 3220. The van der Waals surface area contributed by atoms with Crippen molar-refractivity contribution in [3.05, 3.63) is 154 Å². The lowest BCUT2D eigenvalue weighted by Gasteiger charge is -2.29. The molecular formula is C56H55N3. The Labute approximate surface area is 348 Å². The Balaban J connectivity index is 1.22. The number of nitrogens with zero attached hydrogens (tertiary/aromatic N) is 3. The summed E-state index contributed by atoms with van der Waals surface area (Å²) >= 11 is 0. The van der Waals surface area contributed by atoms with E-state index >= 15 is 0 Å². The predicted octanol–water partition coefficient (Wildman–Crippen LogP) is 15.4. The molecule has 0 radical (unpaired) electrons. The number of benzene rings is 6. The third-order valence-corrected chi connectivity index (χ3v) is 13.9. The zero-order valence-electron chi connectivity index (χ0n) is 36.6. The number of hydrogen-bond acceptors (Lipinski definition) is 1. The highest BCUT2D eigenvalue weighted by molar-refractivity contribution is 6.20. The minimum atomic E-state index is 0.0115. The standard InChI is InChI=1S/C56H55N3/c1-32-16-12-14-18-46(32)57(47-19-15-13-17-33(47)2)37-21-22-38-42-25-35(55(6,7)8)27-44-41-30-50-40(31-51(41)59(52(42)44)49(38)29-37)45-28-36(56(9,10)11)26-43-39-24-34(54(3,4)5)20-23-48(39)58(50)53(43)45/h12-29,31,41H,30H2,1-11H3. The third kappa shape index (κ3) is 5.13. The minimum absolute atomic E-state index is 0.0115. The van der Waals surface area contributed by atoms with Crippen molar-refractivity contribution in [3.8, 4) is 0 Å². The van der Waals surface area contributed by atoms with Crippen molar-refractivity contribution < 1.29 is 0 Å². The van der Waals surface area contributed by atoms with Gasteiger partial charge in [-0.15, -0.1) is 0 Å². The smallest absolute Gasteiger partial charge is 0.0617 e. The van der Waals surface area contributed by atoms with Gasteiger partial charge in [0, 0.05) is 73.3 Å². The summed E-state index contributed by atoms with van der Waals surface area (Å²) in [6.07, 6.45) is 3.56. The monoisotopic (exact) mass is 769 g/mol. The van der Waals surface area contributed by atoms with Gasteiger partial charge in [-0.2, -0.15) is 0 Å². The van der Waals surface area contributed by atoms with E-state index in [9.17, 15) is 0 Å². The van der Waals surface area contributed by atoms with Gasteiger partial charge in [0.1, 0.15) is 0 Å². The van der Waals surface area contributed by atoms with Gasteiger partial charge in [-0.3, -0.25) is 0 Å². The molecule has 3 heteroatoms. The second kappa shape index (κ2) is 11.9. The first kappa shape index (κ1) is 36.3. The zero-order valence-corrected chi connectivity index (χ0v) is 36.6. The Morgan fingerprint density at radius 3 is 1.73 bits per heavy atom. The summed E-state index contributed by atoms with van der Waals surface area (Å²) in [4.78, 5) is 2.47. The number of aryl methyl sites for hydroxylation is 2. The maximum absolute atomic E-state index is 2.66. The maximum Gasteiger partial charge on any atom is 0.0617 e. The van der Waals surface area contributed by atoms with Crippen LogP contribution in [-0.2, 0) is 22.7 Å². The molecule has 0 fully saturated rings. The van der Waals surface area contributed by atoms with E-state index in [1.165, 1.54) is 116 Å². The quantitative estimate of drug-likeness (QED) is 0.174. The molecule has 1 unspecified atom stereocenters. The summed E-state index contributed by atoms with van der Waals surface area (Å²) in [7, 11) is 0. The van der Waals surface area contributed by atoms with E-state index in [0.717, 1.165) is 6.42 Å². The van der Waals surface area contributed by atoms with E-state index in [1.54, 1.807) is 0 Å². The fourth-order valence-electron chi connectivity index (χ4n) is 10.5. The predicted molar refractivity (Wildman–Crippen MR) is 254 cm³/mol. The topological polar surface area (TPSA) is 12.6 Å². The van der Waals surface area contributed by atoms with Crippen LogP contribution in [0.4, 0.5) is 17.1 Å². The van der Waals surface area contributed by atoms with Gasteiger partial charge in [0.25, 0.3) is 0 Å². The van der Waals surface area contributed by atoms with Crippen molar-refractivity contribution >= 4 is 77.8 Å². The fraction of sp³-hybridized carbons (Fsp3) is 0.286. The van der Waals surface area contributed by atoms with Crippen LogP contribution in [-0.4, -0.2) is 8.97 Å². The SMILES string of the molecule is Cc1ccccc1N(c1ccc2c3cc(C(C)(C)C)cc4c3n(c2c1)C1=Cc2c(n3c5ccc(C(C)(C)C)cc5c5cc(C(C)(C)C)cc2c53)CC14)c1ccccc1C. The van der Waals surface area contributed by atoms with Crippen LogP contribution >= 0.6 is 0 Å². The lowest BCUT2D eigenvalue weighted by Crippen LogP contribution is -2.14. The first-order valence-electron chi connectivity index (χ1n) is 21.6. The Hall–Kier alpha value is -5.80.